The van der Waals surface area contributed by atoms with Crippen molar-refractivity contribution in [1.29, 1.82) is 0 Å². The molecule has 0 aliphatic heterocycles. The molecule has 118 valence electrons. The summed E-state index contributed by atoms with van der Waals surface area (Å²) in [5.41, 5.74) is 2.35. The molecule has 0 saturated heterocycles. The van der Waals surface area contributed by atoms with E-state index in [4.69, 9.17) is 11.6 Å². The normalized spacial score (nSPS) is 12.3. The predicted octanol–water partition coefficient (Wildman–Crippen LogP) is 3.40. The van der Waals surface area contributed by atoms with Crippen LogP contribution < -0.4 is 0 Å². The van der Waals surface area contributed by atoms with Crippen LogP contribution in [0, 0.1) is 0 Å². The highest BCUT2D eigenvalue weighted by Crippen LogP contribution is 2.28. The highest BCUT2D eigenvalue weighted by molar-refractivity contribution is 6.30. The third kappa shape index (κ3) is 2.80. The summed E-state index contributed by atoms with van der Waals surface area (Å²) in [5, 5.41) is 0.659. The molecule has 0 aliphatic rings. The second kappa shape index (κ2) is 6.01. The van der Waals surface area contributed by atoms with E-state index in [2.05, 4.69) is 9.97 Å². The molecule has 1 amide bonds. The fourth-order valence-corrected chi connectivity index (χ4v) is 2.71. The number of nitrogens with zero attached hydrogens (tertiary/aromatic N) is 4. The van der Waals surface area contributed by atoms with Gasteiger partial charge in [0, 0.05) is 30.9 Å². The Kier molecular flexibility index (Phi) is 4.05. The minimum Gasteiger partial charge on any atom is -0.347 e. The molecule has 0 spiro atoms. The molecule has 1 aromatic carbocycles. The molecule has 0 bridgehead atoms. The number of benzene rings is 1. The molecule has 5 nitrogen and oxygen atoms in total. The average Bonchev–Trinajstić information content (AvgIpc) is 2.93. The molecule has 0 radical (unpaired) electrons. The average molecular weight is 329 g/mol. The Balaban J connectivity index is 2.23. The summed E-state index contributed by atoms with van der Waals surface area (Å²) in [6.45, 7) is 1.86. The number of imidazole rings is 1. The number of hydrogen-bond acceptors (Lipinski definition) is 3. The van der Waals surface area contributed by atoms with Crippen molar-refractivity contribution in [3.05, 3.63) is 47.6 Å². The smallest absolute Gasteiger partial charge is 0.244 e. The Hall–Kier alpha value is -2.40. The minimum atomic E-state index is -0.407. The molecule has 0 N–H and O–H groups in total. The van der Waals surface area contributed by atoms with E-state index in [1.165, 1.54) is 0 Å². The zero-order valence-corrected chi connectivity index (χ0v) is 13.9. The highest BCUT2D eigenvalue weighted by atomic mass is 35.5. The van der Waals surface area contributed by atoms with Gasteiger partial charge in [-0.05, 0) is 43.3 Å². The third-order valence-corrected chi connectivity index (χ3v) is 3.99. The van der Waals surface area contributed by atoms with Gasteiger partial charge in [-0.3, -0.25) is 9.36 Å². The summed E-state index contributed by atoms with van der Waals surface area (Å²) in [6, 6.07) is 10.7. The van der Waals surface area contributed by atoms with Gasteiger partial charge in [-0.25, -0.2) is 9.97 Å². The van der Waals surface area contributed by atoms with Crippen molar-refractivity contribution in [3.63, 3.8) is 0 Å². The quantitative estimate of drug-likeness (QED) is 0.740. The lowest BCUT2D eigenvalue weighted by molar-refractivity contribution is -0.131. The molecule has 3 rings (SSSR count). The Labute approximate surface area is 139 Å². The lowest BCUT2D eigenvalue weighted by Crippen LogP contribution is -2.30. The molecule has 2 heterocycles. The zero-order valence-electron chi connectivity index (χ0n) is 13.2. The molecular formula is C17H17ClN4O. The van der Waals surface area contributed by atoms with Crippen LogP contribution in [0.15, 0.2) is 42.6 Å². The minimum absolute atomic E-state index is 0.00911. The van der Waals surface area contributed by atoms with Crippen LogP contribution >= 0.6 is 11.6 Å². The van der Waals surface area contributed by atoms with E-state index in [1.807, 2.05) is 47.9 Å². The van der Waals surface area contributed by atoms with Crippen LogP contribution in [0.5, 0.6) is 0 Å². The van der Waals surface area contributed by atoms with E-state index < -0.39 is 6.04 Å². The first-order valence-corrected chi connectivity index (χ1v) is 7.67. The maximum atomic E-state index is 12.5. The fourth-order valence-electron chi connectivity index (χ4n) is 2.58. The van der Waals surface area contributed by atoms with Crippen molar-refractivity contribution in [2.24, 2.45) is 0 Å². The summed E-state index contributed by atoms with van der Waals surface area (Å²) < 4.78 is 1.88. The molecule has 3 aromatic rings. The monoisotopic (exact) mass is 328 g/mol. The SMILES string of the molecule is CC(C(=O)N(C)C)n1c(-c2ccc(Cl)cc2)nc2cccnc21. The second-order valence-corrected chi connectivity index (χ2v) is 6.00. The molecule has 1 atom stereocenters. The van der Waals surface area contributed by atoms with Crippen molar-refractivity contribution in [1.82, 2.24) is 19.4 Å². The fraction of sp³-hybridized carbons (Fsp3) is 0.235. The Morgan fingerprint density at radius 3 is 2.57 bits per heavy atom. The maximum absolute atomic E-state index is 12.5. The van der Waals surface area contributed by atoms with Crippen LogP contribution in [0.4, 0.5) is 0 Å². The van der Waals surface area contributed by atoms with E-state index in [0.29, 0.717) is 16.5 Å². The molecule has 0 saturated carbocycles. The molecule has 1 unspecified atom stereocenters. The van der Waals surface area contributed by atoms with Crippen LogP contribution in [-0.4, -0.2) is 39.4 Å². The summed E-state index contributed by atoms with van der Waals surface area (Å²) >= 11 is 5.97. The largest absolute Gasteiger partial charge is 0.347 e. The summed E-state index contributed by atoms with van der Waals surface area (Å²) in [4.78, 5) is 23.1. The number of amides is 1. The van der Waals surface area contributed by atoms with Crippen molar-refractivity contribution < 1.29 is 4.79 Å². The number of aromatic nitrogens is 3. The number of hydrogen-bond donors (Lipinski definition) is 0. The summed E-state index contributed by atoms with van der Waals surface area (Å²) in [6.07, 6.45) is 1.71. The van der Waals surface area contributed by atoms with Gasteiger partial charge in [0.15, 0.2) is 5.65 Å². The number of likely N-dealkylation sites (N-methyl/N-ethyl adjacent to an activating group) is 1. The number of fused-ring (bicyclic) bond motifs is 1. The van der Waals surface area contributed by atoms with E-state index in [9.17, 15) is 4.79 Å². The van der Waals surface area contributed by atoms with Crippen LogP contribution in [0.1, 0.15) is 13.0 Å². The molecule has 2 aromatic heterocycles. The van der Waals surface area contributed by atoms with Gasteiger partial charge in [0.25, 0.3) is 0 Å². The number of rotatable bonds is 3. The highest BCUT2D eigenvalue weighted by Gasteiger charge is 2.24. The van der Waals surface area contributed by atoms with Gasteiger partial charge in [-0.15, -0.1) is 0 Å². The standard InChI is InChI=1S/C17H17ClN4O/c1-11(17(23)21(2)3)22-15(12-6-8-13(18)9-7-12)20-14-5-4-10-19-16(14)22/h4-11H,1-3H3. The molecule has 6 heteroatoms. The Morgan fingerprint density at radius 1 is 1.22 bits per heavy atom. The van der Waals surface area contributed by atoms with Gasteiger partial charge >= 0.3 is 0 Å². The van der Waals surface area contributed by atoms with E-state index in [-0.39, 0.29) is 5.91 Å². The summed E-state index contributed by atoms with van der Waals surface area (Å²) in [7, 11) is 3.49. The third-order valence-electron chi connectivity index (χ3n) is 3.74. The molecule has 0 aliphatic carbocycles. The van der Waals surface area contributed by atoms with Gasteiger partial charge in [0.2, 0.25) is 5.91 Å². The zero-order chi connectivity index (χ0) is 16.6. The van der Waals surface area contributed by atoms with E-state index in [1.54, 1.807) is 25.2 Å². The number of pyridine rings is 1. The lowest BCUT2D eigenvalue weighted by Gasteiger charge is -2.20. The first-order chi connectivity index (χ1) is 11.0. The van der Waals surface area contributed by atoms with E-state index >= 15 is 0 Å². The number of carbonyl (C=O) groups excluding carboxylic acids is 1. The van der Waals surface area contributed by atoms with Crippen molar-refractivity contribution in [2.75, 3.05) is 14.1 Å². The number of halogens is 1. The van der Waals surface area contributed by atoms with E-state index in [0.717, 1.165) is 11.1 Å². The van der Waals surface area contributed by atoms with Crippen molar-refractivity contribution >= 4 is 28.7 Å². The molecule has 23 heavy (non-hydrogen) atoms. The Morgan fingerprint density at radius 2 is 1.91 bits per heavy atom. The van der Waals surface area contributed by atoms with Crippen LogP contribution in [-0.2, 0) is 4.79 Å². The van der Waals surface area contributed by atoms with Crippen molar-refractivity contribution in [3.8, 4) is 11.4 Å². The van der Waals surface area contributed by atoms with Crippen LogP contribution in [0.25, 0.3) is 22.6 Å². The van der Waals surface area contributed by atoms with Gasteiger partial charge in [-0.1, -0.05) is 11.6 Å². The lowest BCUT2D eigenvalue weighted by atomic mass is 10.2. The van der Waals surface area contributed by atoms with Crippen LogP contribution in [0.2, 0.25) is 5.02 Å². The van der Waals surface area contributed by atoms with Gasteiger partial charge in [0.05, 0.1) is 0 Å². The van der Waals surface area contributed by atoms with Crippen LogP contribution in [0.3, 0.4) is 0 Å². The maximum Gasteiger partial charge on any atom is 0.244 e. The molecular weight excluding hydrogens is 312 g/mol. The van der Waals surface area contributed by atoms with Gasteiger partial charge < -0.3 is 4.90 Å². The second-order valence-electron chi connectivity index (χ2n) is 5.57. The molecule has 0 fully saturated rings. The topological polar surface area (TPSA) is 51.0 Å². The number of carbonyl (C=O) groups is 1. The van der Waals surface area contributed by atoms with Gasteiger partial charge in [-0.2, -0.15) is 0 Å². The Bertz CT molecular complexity index is 855. The summed E-state index contributed by atoms with van der Waals surface area (Å²) in [5.74, 6) is 0.697. The van der Waals surface area contributed by atoms with Crippen molar-refractivity contribution in [2.45, 2.75) is 13.0 Å². The first-order valence-electron chi connectivity index (χ1n) is 7.29. The predicted molar refractivity (Wildman–Crippen MR) is 91.4 cm³/mol. The van der Waals surface area contributed by atoms with Gasteiger partial charge in [0.1, 0.15) is 17.4 Å². The first kappa shape index (κ1) is 15.5.